The maximum absolute atomic E-state index is 12.0. The average Bonchev–Trinajstić information content (AvgIpc) is 2.54. The molecule has 1 fully saturated rings. The van der Waals surface area contributed by atoms with Crippen LogP contribution in [0.4, 0.5) is 0 Å². The zero-order valence-electron chi connectivity index (χ0n) is 9.77. The maximum Gasteiger partial charge on any atom is 0.257 e. The normalized spacial score (nSPS) is 15.0. The average molecular weight is 223 g/mol. The van der Waals surface area contributed by atoms with Gasteiger partial charge in [0.2, 0.25) is 0 Å². The van der Waals surface area contributed by atoms with Crippen LogP contribution in [0.25, 0.3) is 0 Å². The molecule has 2 rings (SSSR count). The third-order valence-electron chi connectivity index (χ3n) is 2.88. The second kappa shape index (κ2) is 4.65. The van der Waals surface area contributed by atoms with Crippen LogP contribution in [0.3, 0.4) is 0 Å². The molecule has 0 bridgehead atoms. The molecule has 5 nitrogen and oxygen atoms in total. The van der Waals surface area contributed by atoms with Crippen molar-refractivity contribution in [3.05, 3.63) is 17.5 Å². The molecule has 0 radical (unpaired) electrons. The van der Waals surface area contributed by atoms with Crippen LogP contribution in [0.2, 0.25) is 0 Å². The van der Waals surface area contributed by atoms with E-state index in [0.29, 0.717) is 18.8 Å². The van der Waals surface area contributed by atoms with Gasteiger partial charge in [0.25, 0.3) is 5.91 Å². The standard InChI is InChI=1S/C11H17N3O2/c1-3-16-8-10-9(7-12-13(10)2)11(15)14-5-4-6-14/h7H,3-6,8H2,1-2H3. The Hall–Kier alpha value is -1.36. The maximum atomic E-state index is 12.0. The smallest absolute Gasteiger partial charge is 0.257 e. The molecule has 1 aliphatic rings. The summed E-state index contributed by atoms with van der Waals surface area (Å²) in [6.45, 7) is 4.75. The lowest BCUT2D eigenvalue weighted by molar-refractivity contribution is 0.0643. The predicted octanol–water partition coefficient (Wildman–Crippen LogP) is 0.802. The fraction of sp³-hybridized carbons (Fsp3) is 0.636. The summed E-state index contributed by atoms with van der Waals surface area (Å²) in [5.74, 6) is 0.0778. The summed E-state index contributed by atoms with van der Waals surface area (Å²) in [7, 11) is 1.83. The first-order chi connectivity index (χ1) is 7.74. The van der Waals surface area contributed by atoms with Crippen molar-refractivity contribution in [1.29, 1.82) is 0 Å². The van der Waals surface area contributed by atoms with Gasteiger partial charge in [-0.05, 0) is 13.3 Å². The highest BCUT2D eigenvalue weighted by Gasteiger charge is 2.25. The molecule has 1 aliphatic heterocycles. The van der Waals surface area contributed by atoms with Gasteiger partial charge in [0, 0.05) is 26.7 Å². The summed E-state index contributed by atoms with van der Waals surface area (Å²) >= 11 is 0. The number of nitrogens with zero attached hydrogens (tertiary/aromatic N) is 3. The van der Waals surface area contributed by atoms with Crippen LogP contribution in [-0.2, 0) is 18.4 Å². The second-order valence-electron chi connectivity index (χ2n) is 3.91. The highest BCUT2D eigenvalue weighted by molar-refractivity contribution is 5.95. The number of aryl methyl sites for hydroxylation is 1. The van der Waals surface area contributed by atoms with Crippen LogP contribution in [0.5, 0.6) is 0 Å². The molecule has 0 atom stereocenters. The Bertz CT molecular complexity index is 383. The highest BCUT2D eigenvalue weighted by Crippen LogP contribution is 2.16. The largest absolute Gasteiger partial charge is 0.375 e. The number of hydrogen-bond donors (Lipinski definition) is 0. The van der Waals surface area contributed by atoms with E-state index in [9.17, 15) is 4.79 Å². The van der Waals surface area contributed by atoms with Gasteiger partial charge in [-0.15, -0.1) is 0 Å². The number of carbonyl (C=O) groups is 1. The minimum absolute atomic E-state index is 0.0778. The van der Waals surface area contributed by atoms with Crippen molar-refractivity contribution in [3.63, 3.8) is 0 Å². The zero-order valence-corrected chi connectivity index (χ0v) is 9.77. The third kappa shape index (κ3) is 1.95. The van der Waals surface area contributed by atoms with Gasteiger partial charge in [0.05, 0.1) is 24.1 Å². The lowest BCUT2D eigenvalue weighted by Crippen LogP contribution is -2.42. The number of ether oxygens (including phenoxy) is 1. The molecule has 0 aliphatic carbocycles. The fourth-order valence-electron chi connectivity index (χ4n) is 1.70. The van der Waals surface area contributed by atoms with Crippen molar-refractivity contribution in [2.75, 3.05) is 19.7 Å². The quantitative estimate of drug-likeness (QED) is 0.758. The first-order valence-electron chi connectivity index (χ1n) is 5.62. The van der Waals surface area contributed by atoms with E-state index in [-0.39, 0.29) is 5.91 Å². The van der Waals surface area contributed by atoms with E-state index in [1.54, 1.807) is 10.9 Å². The Kier molecular flexibility index (Phi) is 3.24. The first kappa shape index (κ1) is 11.1. The predicted molar refractivity (Wildman–Crippen MR) is 59.1 cm³/mol. The Morgan fingerprint density at radius 3 is 2.88 bits per heavy atom. The van der Waals surface area contributed by atoms with Crippen molar-refractivity contribution in [2.24, 2.45) is 7.05 Å². The van der Waals surface area contributed by atoms with E-state index in [4.69, 9.17) is 4.74 Å². The summed E-state index contributed by atoms with van der Waals surface area (Å²) in [6, 6.07) is 0. The van der Waals surface area contributed by atoms with Gasteiger partial charge in [0.15, 0.2) is 0 Å². The molecule has 5 heteroatoms. The summed E-state index contributed by atoms with van der Waals surface area (Å²) in [5.41, 5.74) is 1.54. The number of likely N-dealkylation sites (tertiary alicyclic amines) is 1. The fourth-order valence-corrected chi connectivity index (χ4v) is 1.70. The summed E-state index contributed by atoms with van der Waals surface area (Å²) in [5, 5.41) is 4.12. The Morgan fingerprint density at radius 1 is 1.56 bits per heavy atom. The number of rotatable bonds is 4. The molecule has 1 aromatic heterocycles. The third-order valence-corrected chi connectivity index (χ3v) is 2.88. The molecule has 2 heterocycles. The molecule has 0 aromatic carbocycles. The molecule has 1 aromatic rings. The van der Waals surface area contributed by atoms with E-state index < -0.39 is 0 Å². The van der Waals surface area contributed by atoms with Crippen LogP contribution < -0.4 is 0 Å². The molecule has 88 valence electrons. The van der Waals surface area contributed by atoms with Gasteiger partial charge < -0.3 is 9.64 Å². The molecule has 1 saturated heterocycles. The second-order valence-corrected chi connectivity index (χ2v) is 3.91. The molecule has 0 spiro atoms. The summed E-state index contributed by atoms with van der Waals surface area (Å²) in [6.07, 6.45) is 2.74. The number of aromatic nitrogens is 2. The molecule has 1 amide bonds. The van der Waals surface area contributed by atoms with Crippen LogP contribution in [0, 0.1) is 0 Å². The van der Waals surface area contributed by atoms with Gasteiger partial charge >= 0.3 is 0 Å². The van der Waals surface area contributed by atoms with Gasteiger partial charge in [-0.25, -0.2) is 0 Å². The van der Waals surface area contributed by atoms with Crippen LogP contribution in [-0.4, -0.2) is 40.3 Å². The van der Waals surface area contributed by atoms with Crippen molar-refractivity contribution in [2.45, 2.75) is 20.0 Å². The van der Waals surface area contributed by atoms with Gasteiger partial charge in [0.1, 0.15) is 0 Å². The van der Waals surface area contributed by atoms with Crippen molar-refractivity contribution in [1.82, 2.24) is 14.7 Å². The minimum Gasteiger partial charge on any atom is -0.375 e. The van der Waals surface area contributed by atoms with Crippen molar-refractivity contribution < 1.29 is 9.53 Å². The van der Waals surface area contributed by atoms with Gasteiger partial charge in [-0.3, -0.25) is 9.48 Å². The van der Waals surface area contributed by atoms with Crippen LogP contribution in [0.1, 0.15) is 29.4 Å². The van der Waals surface area contributed by atoms with Crippen LogP contribution >= 0.6 is 0 Å². The monoisotopic (exact) mass is 223 g/mol. The Labute approximate surface area is 95.0 Å². The first-order valence-corrected chi connectivity index (χ1v) is 5.62. The Morgan fingerprint density at radius 2 is 2.31 bits per heavy atom. The molecule has 16 heavy (non-hydrogen) atoms. The SMILES string of the molecule is CCOCc1c(C(=O)N2CCC2)cnn1C. The molecule has 0 unspecified atom stereocenters. The molecular weight excluding hydrogens is 206 g/mol. The number of amides is 1. The van der Waals surface area contributed by atoms with E-state index >= 15 is 0 Å². The molecular formula is C11H17N3O2. The van der Waals surface area contributed by atoms with Crippen molar-refractivity contribution in [3.8, 4) is 0 Å². The molecule has 0 N–H and O–H groups in total. The summed E-state index contributed by atoms with van der Waals surface area (Å²) in [4.78, 5) is 13.9. The van der Waals surface area contributed by atoms with E-state index in [0.717, 1.165) is 25.2 Å². The molecule has 0 saturated carbocycles. The van der Waals surface area contributed by atoms with Gasteiger partial charge in [-0.1, -0.05) is 0 Å². The Balaban J connectivity index is 2.15. The number of hydrogen-bond acceptors (Lipinski definition) is 3. The van der Waals surface area contributed by atoms with Crippen molar-refractivity contribution >= 4 is 5.91 Å². The topological polar surface area (TPSA) is 47.4 Å². The van der Waals surface area contributed by atoms with Crippen LogP contribution in [0.15, 0.2) is 6.20 Å². The zero-order chi connectivity index (χ0) is 11.5. The van der Waals surface area contributed by atoms with E-state index in [1.807, 2.05) is 18.9 Å². The number of carbonyl (C=O) groups excluding carboxylic acids is 1. The lowest BCUT2D eigenvalue weighted by Gasteiger charge is -2.30. The summed E-state index contributed by atoms with van der Waals surface area (Å²) < 4.78 is 7.06. The minimum atomic E-state index is 0.0778. The van der Waals surface area contributed by atoms with Gasteiger partial charge in [-0.2, -0.15) is 5.10 Å². The van der Waals surface area contributed by atoms with E-state index in [1.165, 1.54) is 0 Å². The lowest BCUT2D eigenvalue weighted by atomic mass is 10.1. The highest BCUT2D eigenvalue weighted by atomic mass is 16.5. The van der Waals surface area contributed by atoms with E-state index in [2.05, 4.69) is 5.10 Å².